The zero-order valence-corrected chi connectivity index (χ0v) is 15.1. The maximum atomic E-state index is 13.8. The summed E-state index contributed by atoms with van der Waals surface area (Å²) < 4.78 is 24.3. The van der Waals surface area contributed by atoms with Gasteiger partial charge in [0.1, 0.15) is 0 Å². The number of hydrogen-bond donors (Lipinski definition) is 2. The number of halogens is 1. The number of primary amides is 1. The Balaban J connectivity index is 1.70. The van der Waals surface area contributed by atoms with Crippen molar-refractivity contribution >= 4 is 34.4 Å². The van der Waals surface area contributed by atoms with Crippen molar-refractivity contribution in [1.82, 2.24) is 0 Å². The molecule has 0 saturated heterocycles. The molecule has 3 aromatic rings. The molecule has 1 unspecified atom stereocenters. The standard InChI is InChI=1S/C20H17FN2O5/c1-10-14-4-3-5-15(21)17(14)28-16(10)20(26)27-11(2)19(25)23-13-8-6-12(7-9-13)18(22)24/h3-9,11H,1-2H3,(H2,22,24)(H,23,25). The molecule has 1 heterocycles. The first kappa shape index (κ1) is 19.1. The highest BCUT2D eigenvalue weighted by Gasteiger charge is 2.25. The third-order valence-electron chi connectivity index (χ3n) is 4.19. The van der Waals surface area contributed by atoms with Gasteiger partial charge in [0.2, 0.25) is 11.7 Å². The Kier molecular flexibility index (Phi) is 5.12. The molecule has 3 N–H and O–H groups in total. The highest BCUT2D eigenvalue weighted by Crippen LogP contribution is 2.28. The summed E-state index contributed by atoms with van der Waals surface area (Å²) in [5, 5.41) is 3.01. The number of carbonyl (C=O) groups is 3. The first-order chi connectivity index (χ1) is 13.3. The van der Waals surface area contributed by atoms with E-state index in [4.69, 9.17) is 14.9 Å². The summed E-state index contributed by atoms with van der Waals surface area (Å²) in [7, 11) is 0. The van der Waals surface area contributed by atoms with Crippen LogP contribution in [0.4, 0.5) is 10.1 Å². The summed E-state index contributed by atoms with van der Waals surface area (Å²) >= 11 is 0. The van der Waals surface area contributed by atoms with Gasteiger partial charge in [0.05, 0.1) is 0 Å². The summed E-state index contributed by atoms with van der Waals surface area (Å²) in [6, 6.07) is 10.3. The lowest BCUT2D eigenvalue weighted by Gasteiger charge is -2.13. The zero-order chi connectivity index (χ0) is 20.4. The van der Waals surface area contributed by atoms with Gasteiger partial charge in [-0.05, 0) is 44.2 Å². The van der Waals surface area contributed by atoms with E-state index in [2.05, 4.69) is 5.32 Å². The van der Waals surface area contributed by atoms with Crippen molar-refractivity contribution in [3.63, 3.8) is 0 Å². The fourth-order valence-electron chi connectivity index (χ4n) is 2.63. The number of amides is 2. The van der Waals surface area contributed by atoms with E-state index in [-0.39, 0.29) is 11.3 Å². The van der Waals surface area contributed by atoms with Crippen molar-refractivity contribution in [2.75, 3.05) is 5.32 Å². The zero-order valence-electron chi connectivity index (χ0n) is 15.1. The maximum Gasteiger partial charge on any atom is 0.375 e. The number of nitrogens with two attached hydrogens (primary N) is 1. The van der Waals surface area contributed by atoms with Crippen LogP contribution in [0.1, 0.15) is 33.4 Å². The normalized spacial score (nSPS) is 11.8. The van der Waals surface area contributed by atoms with Crippen molar-refractivity contribution in [1.29, 1.82) is 0 Å². The number of benzene rings is 2. The fraction of sp³-hybridized carbons (Fsp3) is 0.150. The van der Waals surface area contributed by atoms with E-state index >= 15 is 0 Å². The first-order valence-electron chi connectivity index (χ1n) is 8.37. The molecule has 0 fully saturated rings. The van der Waals surface area contributed by atoms with Gasteiger partial charge >= 0.3 is 5.97 Å². The van der Waals surface area contributed by atoms with E-state index < -0.39 is 29.7 Å². The number of anilines is 1. The van der Waals surface area contributed by atoms with Crippen LogP contribution in [0.5, 0.6) is 0 Å². The van der Waals surface area contributed by atoms with Gasteiger partial charge in [-0.15, -0.1) is 0 Å². The lowest BCUT2D eigenvalue weighted by Crippen LogP contribution is -2.30. The molecule has 1 atom stereocenters. The number of hydrogen-bond acceptors (Lipinski definition) is 5. The van der Waals surface area contributed by atoms with Gasteiger partial charge in [0.15, 0.2) is 17.5 Å². The molecule has 0 saturated carbocycles. The average Bonchev–Trinajstić information content (AvgIpc) is 3.00. The molecule has 0 bridgehead atoms. The molecule has 0 aliphatic rings. The molecular weight excluding hydrogens is 367 g/mol. The van der Waals surface area contributed by atoms with E-state index in [0.717, 1.165) is 0 Å². The van der Waals surface area contributed by atoms with Crippen LogP contribution in [0, 0.1) is 12.7 Å². The molecule has 0 aliphatic heterocycles. The van der Waals surface area contributed by atoms with Gasteiger partial charge in [-0.3, -0.25) is 9.59 Å². The van der Waals surface area contributed by atoms with Crippen molar-refractivity contribution in [2.45, 2.75) is 20.0 Å². The van der Waals surface area contributed by atoms with Gasteiger partial charge in [-0.1, -0.05) is 12.1 Å². The Hall–Kier alpha value is -3.68. The molecule has 2 amide bonds. The van der Waals surface area contributed by atoms with E-state index in [1.807, 2.05) is 0 Å². The molecule has 144 valence electrons. The number of ether oxygens (including phenoxy) is 1. The van der Waals surface area contributed by atoms with Gasteiger partial charge in [0, 0.05) is 22.2 Å². The number of furan rings is 1. The number of nitrogens with one attached hydrogen (secondary N) is 1. The van der Waals surface area contributed by atoms with Crippen LogP contribution in [0.2, 0.25) is 0 Å². The number of esters is 1. The predicted molar refractivity (Wildman–Crippen MR) is 99.4 cm³/mol. The van der Waals surface area contributed by atoms with Crippen LogP contribution in [0.3, 0.4) is 0 Å². The van der Waals surface area contributed by atoms with Gasteiger partial charge in [-0.2, -0.15) is 0 Å². The second-order valence-electron chi connectivity index (χ2n) is 6.15. The smallest absolute Gasteiger partial charge is 0.375 e. The number of aryl methyl sites for hydroxylation is 1. The first-order valence-corrected chi connectivity index (χ1v) is 8.37. The minimum atomic E-state index is -1.14. The van der Waals surface area contributed by atoms with Crippen LogP contribution >= 0.6 is 0 Å². The highest BCUT2D eigenvalue weighted by molar-refractivity contribution is 6.00. The minimum absolute atomic E-state index is 0.0430. The van der Waals surface area contributed by atoms with Crippen molar-refractivity contribution < 1.29 is 27.9 Å². The SMILES string of the molecule is Cc1c(C(=O)OC(C)C(=O)Nc2ccc(C(N)=O)cc2)oc2c(F)cccc12. The molecule has 28 heavy (non-hydrogen) atoms. The lowest BCUT2D eigenvalue weighted by molar-refractivity contribution is -0.123. The van der Waals surface area contributed by atoms with Crippen LogP contribution in [0.15, 0.2) is 46.9 Å². The summed E-state index contributed by atoms with van der Waals surface area (Å²) in [6.45, 7) is 3.00. The number of para-hydroxylation sites is 1. The monoisotopic (exact) mass is 384 g/mol. The van der Waals surface area contributed by atoms with Crippen LogP contribution < -0.4 is 11.1 Å². The molecule has 0 radical (unpaired) electrons. The lowest BCUT2D eigenvalue weighted by atomic mass is 10.1. The fourth-order valence-corrected chi connectivity index (χ4v) is 2.63. The van der Waals surface area contributed by atoms with E-state index in [1.54, 1.807) is 13.0 Å². The molecular formula is C20H17FN2O5. The molecule has 0 aliphatic carbocycles. The van der Waals surface area contributed by atoms with Gasteiger partial charge in [0.25, 0.3) is 5.91 Å². The number of fused-ring (bicyclic) bond motifs is 1. The van der Waals surface area contributed by atoms with Crippen LogP contribution in [-0.4, -0.2) is 23.9 Å². The van der Waals surface area contributed by atoms with E-state index in [0.29, 0.717) is 22.2 Å². The molecule has 0 spiro atoms. The summed E-state index contributed by atoms with van der Waals surface area (Å²) in [4.78, 5) is 35.7. The van der Waals surface area contributed by atoms with Crippen LogP contribution in [0.25, 0.3) is 11.0 Å². The Morgan fingerprint density at radius 2 is 1.82 bits per heavy atom. The predicted octanol–water partition coefficient (Wildman–Crippen LogP) is 3.16. The second-order valence-corrected chi connectivity index (χ2v) is 6.15. The summed E-state index contributed by atoms with van der Waals surface area (Å²) in [5.41, 5.74) is 6.24. The number of rotatable bonds is 5. The topological polar surface area (TPSA) is 112 Å². The van der Waals surface area contributed by atoms with Crippen molar-refractivity contribution in [2.24, 2.45) is 5.73 Å². The van der Waals surface area contributed by atoms with E-state index in [9.17, 15) is 18.8 Å². The quantitative estimate of drug-likeness (QED) is 0.656. The Bertz CT molecular complexity index is 1070. The summed E-state index contributed by atoms with van der Waals surface area (Å²) in [6.07, 6.45) is -1.14. The average molecular weight is 384 g/mol. The molecule has 1 aromatic heterocycles. The molecule has 7 nitrogen and oxygen atoms in total. The molecule has 3 rings (SSSR count). The summed E-state index contributed by atoms with van der Waals surface area (Å²) in [5.74, 6) is -2.80. The van der Waals surface area contributed by atoms with Crippen molar-refractivity contribution in [3.05, 3.63) is 65.2 Å². The Labute approximate surface area is 159 Å². The Morgan fingerprint density at radius 1 is 1.14 bits per heavy atom. The number of carbonyl (C=O) groups excluding carboxylic acids is 3. The Morgan fingerprint density at radius 3 is 2.43 bits per heavy atom. The van der Waals surface area contributed by atoms with Gasteiger partial charge < -0.3 is 20.2 Å². The maximum absolute atomic E-state index is 13.8. The third-order valence-corrected chi connectivity index (χ3v) is 4.19. The minimum Gasteiger partial charge on any atom is -0.447 e. The van der Waals surface area contributed by atoms with Crippen molar-refractivity contribution in [3.8, 4) is 0 Å². The van der Waals surface area contributed by atoms with Gasteiger partial charge in [-0.25, -0.2) is 9.18 Å². The highest BCUT2D eigenvalue weighted by atomic mass is 19.1. The molecule has 2 aromatic carbocycles. The van der Waals surface area contributed by atoms with E-state index in [1.165, 1.54) is 43.3 Å². The largest absolute Gasteiger partial charge is 0.447 e. The second kappa shape index (κ2) is 7.51. The third kappa shape index (κ3) is 3.71. The van der Waals surface area contributed by atoms with Crippen LogP contribution in [-0.2, 0) is 9.53 Å². The molecule has 8 heteroatoms.